The van der Waals surface area contributed by atoms with Gasteiger partial charge in [-0.3, -0.25) is 4.79 Å². The van der Waals surface area contributed by atoms with Gasteiger partial charge in [0.05, 0.1) is 19.6 Å². The number of rotatable bonds is 7. The Bertz CT molecular complexity index is 566. The summed E-state index contributed by atoms with van der Waals surface area (Å²) in [5, 5.41) is 2.96. The first kappa shape index (κ1) is 21.5. The molecule has 1 aliphatic carbocycles. The Morgan fingerprint density at radius 1 is 1.28 bits per heavy atom. The van der Waals surface area contributed by atoms with Crippen LogP contribution >= 0.6 is 12.4 Å². The van der Waals surface area contributed by atoms with Crippen molar-refractivity contribution in [3.8, 4) is 11.5 Å². The van der Waals surface area contributed by atoms with Crippen LogP contribution in [-0.4, -0.2) is 38.9 Å². The topological polar surface area (TPSA) is 82.8 Å². The van der Waals surface area contributed by atoms with Crippen molar-refractivity contribution in [3.63, 3.8) is 0 Å². The van der Waals surface area contributed by atoms with E-state index in [1.807, 2.05) is 6.92 Å². The Kier molecular flexibility index (Phi) is 8.48. The Balaban J connectivity index is 0.00000312. The van der Waals surface area contributed by atoms with Gasteiger partial charge in [-0.2, -0.15) is 0 Å². The van der Waals surface area contributed by atoms with Gasteiger partial charge in [0.25, 0.3) is 0 Å². The molecule has 1 amide bonds. The number of benzene rings is 1. The van der Waals surface area contributed by atoms with Gasteiger partial charge >= 0.3 is 0 Å². The van der Waals surface area contributed by atoms with Crippen LogP contribution in [0.5, 0.6) is 11.5 Å². The average molecular weight is 373 g/mol. The summed E-state index contributed by atoms with van der Waals surface area (Å²) < 4.78 is 15.9. The minimum absolute atomic E-state index is 0. The van der Waals surface area contributed by atoms with E-state index >= 15 is 0 Å². The molecule has 0 radical (unpaired) electrons. The van der Waals surface area contributed by atoms with Gasteiger partial charge in [0, 0.05) is 24.4 Å². The molecule has 1 aliphatic rings. The molecule has 2 rings (SSSR count). The van der Waals surface area contributed by atoms with E-state index in [0.717, 1.165) is 25.7 Å². The van der Waals surface area contributed by atoms with Crippen molar-refractivity contribution < 1.29 is 19.0 Å². The van der Waals surface area contributed by atoms with E-state index in [0.29, 0.717) is 30.4 Å². The number of carbonyl (C=O) groups is 1. The van der Waals surface area contributed by atoms with Crippen molar-refractivity contribution in [1.82, 2.24) is 0 Å². The van der Waals surface area contributed by atoms with Gasteiger partial charge in [-0.1, -0.05) is 12.8 Å². The van der Waals surface area contributed by atoms with Crippen LogP contribution in [0.15, 0.2) is 18.2 Å². The lowest BCUT2D eigenvalue weighted by atomic mass is 9.74. The summed E-state index contributed by atoms with van der Waals surface area (Å²) in [7, 11) is 3.20. The molecule has 0 heterocycles. The number of nitrogens with one attached hydrogen (secondary N) is 1. The van der Waals surface area contributed by atoms with Crippen LogP contribution in [0.1, 0.15) is 32.6 Å². The van der Waals surface area contributed by atoms with Gasteiger partial charge in [-0.25, -0.2) is 0 Å². The number of hydrogen-bond donors (Lipinski definition) is 2. The Hall–Kier alpha value is -1.50. The van der Waals surface area contributed by atoms with E-state index in [1.165, 1.54) is 0 Å². The minimum Gasteiger partial charge on any atom is -0.493 e. The zero-order chi connectivity index (χ0) is 17.6. The predicted octanol–water partition coefficient (Wildman–Crippen LogP) is 2.99. The molecule has 6 nitrogen and oxygen atoms in total. The molecule has 2 unspecified atom stereocenters. The van der Waals surface area contributed by atoms with Crippen molar-refractivity contribution in [2.45, 2.75) is 38.1 Å². The zero-order valence-corrected chi connectivity index (χ0v) is 16.0. The summed E-state index contributed by atoms with van der Waals surface area (Å²) in [4.78, 5) is 12.6. The van der Waals surface area contributed by atoms with Crippen LogP contribution in [0.4, 0.5) is 5.69 Å². The van der Waals surface area contributed by atoms with Gasteiger partial charge < -0.3 is 25.3 Å². The fourth-order valence-electron chi connectivity index (χ4n) is 3.12. The van der Waals surface area contributed by atoms with E-state index in [2.05, 4.69) is 5.32 Å². The molecule has 0 bridgehead atoms. The number of halogens is 1. The van der Waals surface area contributed by atoms with Gasteiger partial charge in [0.2, 0.25) is 5.91 Å². The standard InChI is InChI=1S/C18H28N2O4.ClH/c1-18(19)9-5-4-6-14(18)17(21)20-13-7-8-15(23-3)16(12-13)24-11-10-22-2;/h7-8,12,14H,4-6,9-11,19H2,1-3H3,(H,20,21);1H. The highest BCUT2D eigenvalue weighted by Gasteiger charge is 2.37. The Morgan fingerprint density at radius 3 is 2.68 bits per heavy atom. The number of methoxy groups -OCH3 is 2. The number of amides is 1. The van der Waals surface area contributed by atoms with Crippen molar-refractivity contribution in [2.24, 2.45) is 11.7 Å². The molecule has 25 heavy (non-hydrogen) atoms. The maximum absolute atomic E-state index is 12.6. The maximum atomic E-state index is 12.6. The molecular weight excluding hydrogens is 344 g/mol. The normalized spacial score (nSPS) is 22.6. The first-order valence-electron chi connectivity index (χ1n) is 8.37. The van der Waals surface area contributed by atoms with Crippen LogP contribution < -0.4 is 20.5 Å². The summed E-state index contributed by atoms with van der Waals surface area (Å²) in [6, 6.07) is 5.35. The molecule has 142 valence electrons. The van der Waals surface area contributed by atoms with Crippen LogP contribution in [-0.2, 0) is 9.53 Å². The van der Waals surface area contributed by atoms with E-state index in [9.17, 15) is 4.79 Å². The smallest absolute Gasteiger partial charge is 0.229 e. The fourth-order valence-corrected chi connectivity index (χ4v) is 3.12. The average Bonchev–Trinajstić information content (AvgIpc) is 2.55. The quantitative estimate of drug-likeness (QED) is 0.719. The second kappa shape index (κ2) is 9.85. The molecule has 1 aromatic carbocycles. The maximum Gasteiger partial charge on any atom is 0.229 e. The summed E-state index contributed by atoms with van der Waals surface area (Å²) >= 11 is 0. The van der Waals surface area contributed by atoms with Gasteiger partial charge in [0.1, 0.15) is 6.61 Å². The van der Waals surface area contributed by atoms with Crippen molar-refractivity contribution in [2.75, 3.05) is 32.8 Å². The number of anilines is 1. The lowest BCUT2D eigenvalue weighted by Gasteiger charge is -2.37. The van der Waals surface area contributed by atoms with Gasteiger partial charge in [-0.15, -0.1) is 12.4 Å². The summed E-state index contributed by atoms with van der Waals surface area (Å²) in [6.45, 7) is 2.85. The van der Waals surface area contributed by atoms with Gasteiger partial charge in [-0.05, 0) is 31.9 Å². The predicted molar refractivity (Wildman–Crippen MR) is 101 cm³/mol. The van der Waals surface area contributed by atoms with Crippen LogP contribution in [0.25, 0.3) is 0 Å². The fraction of sp³-hybridized carbons (Fsp3) is 0.611. The molecule has 0 saturated heterocycles. The second-order valence-corrected chi connectivity index (χ2v) is 6.50. The highest BCUT2D eigenvalue weighted by molar-refractivity contribution is 5.93. The summed E-state index contributed by atoms with van der Waals surface area (Å²) in [6.07, 6.45) is 3.82. The Morgan fingerprint density at radius 2 is 2.04 bits per heavy atom. The summed E-state index contributed by atoms with van der Waals surface area (Å²) in [5.41, 5.74) is 6.54. The first-order valence-corrected chi connectivity index (χ1v) is 8.37. The second-order valence-electron chi connectivity index (χ2n) is 6.50. The molecule has 0 spiro atoms. The van der Waals surface area contributed by atoms with E-state index in [-0.39, 0.29) is 24.2 Å². The molecule has 0 aromatic heterocycles. The molecule has 7 heteroatoms. The van der Waals surface area contributed by atoms with Crippen molar-refractivity contribution in [3.05, 3.63) is 18.2 Å². The molecule has 1 saturated carbocycles. The highest BCUT2D eigenvalue weighted by atomic mass is 35.5. The van der Waals surface area contributed by atoms with Crippen molar-refractivity contribution >= 4 is 24.0 Å². The molecule has 2 atom stereocenters. The lowest BCUT2D eigenvalue weighted by molar-refractivity contribution is -0.122. The molecule has 0 aliphatic heterocycles. The van der Waals surface area contributed by atoms with Crippen LogP contribution in [0.3, 0.4) is 0 Å². The monoisotopic (exact) mass is 372 g/mol. The Labute approximate surface area is 155 Å². The largest absolute Gasteiger partial charge is 0.493 e. The lowest BCUT2D eigenvalue weighted by Crippen LogP contribution is -2.51. The third-order valence-electron chi connectivity index (χ3n) is 4.55. The first-order chi connectivity index (χ1) is 11.5. The van der Waals surface area contributed by atoms with E-state index in [4.69, 9.17) is 19.9 Å². The summed E-state index contributed by atoms with van der Waals surface area (Å²) in [5.74, 6) is 0.982. The third-order valence-corrected chi connectivity index (χ3v) is 4.55. The van der Waals surface area contributed by atoms with Crippen molar-refractivity contribution in [1.29, 1.82) is 0 Å². The van der Waals surface area contributed by atoms with E-state index < -0.39 is 5.54 Å². The molecular formula is C18H29ClN2O4. The minimum atomic E-state index is -0.452. The molecule has 3 N–H and O–H groups in total. The number of hydrogen-bond acceptors (Lipinski definition) is 5. The highest BCUT2D eigenvalue weighted by Crippen LogP contribution is 2.34. The van der Waals surface area contributed by atoms with Crippen LogP contribution in [0, 0.1) is 5.92 Å². The molecule has 1 aromatic rings. The van der Waals surface area contributed by atoms with E-state index in [1.54, 1.807) is 32.4 Å². The number of nitrogens with two attached hydrogens (primary N) is 1. The SMILES string of the molecule is COCCOc1cc(NC(=O)C2CCCCC2(C)N)ccc1OC.Cl. The van der Waals surface area contributed by atoms with Gasteiger partial charge in [0.15, 0.2) is 11.5 Å². The zero-order valence-electron chi connectivity index (χ0n) is 15.2. The number of ether oxygens (including phenoxy) is 3. The molecule has 1 fully saturated rings. The van der Waals surface area contributed by atoms with Crippen LogP contribution in [0.2, 0.25) is 0 Å². The third kappa shape index (κ3) is 5.76. The number of carbonyl (C=O) groups excluding carboxylic acids is 1.